The van der Waals surface area contributed by atoms with Gasteiger partial charge >= 0.3 is 0 Å². The maximum absolute atomic E-state index is 5.55. The molecule has 1 unspecified atom stereocenters. The average molecular weight is 435 g/mol. The SMILES string of the molecule is COc1cc2ncnc(N3C=[C]C=CC3N3CCCN(C4CCCC4)CC3)c2cc1OC. The number of benzene rings is 1. The first-order chi connectivity index (χ1) is 15.8. The van der Waals surface area contributed by atoms with E-state index >= 15 is 0 Å². The highest BCUT2D eigenvalue weighted by molar-refractivity contribution is 5.92. The maximum Gasteiger partial charge on any atom is 0.162 e. The number of rotatable bonds is 5. The van der Waals surface area contributed by atoms with Gasteiger partial charge in [-0.2, -0.15) is 0 Å². The van der Waals surface area contributed by atoms with E-state index in [2.05, 4.69) is 36.8 Å². The van der Waals surface area contributed by atoms with Crippen molar-refractivity contribution in [2.75, 3.05) is 45.3 Å². The molecule has 3 heterocycles. The Kier molecular flexibility index (Phi) is 6.28. The van der Waals surface area contributed by atoms with Crippen LogP contribution in [0.1, 0.15) is 32.1 Å². The van der Waals surface area contributed by atoms with Gasteiger partial charge in [-0.25, -0.2) is 9.97 Å². The van der Waals surface area contributed by atoms with E-state index in [1.165, 1.54) is 38.6 Å². The van der Waals surface area contributed by atoms with Crippen LogP contribution in [0.5, 0.6) is 11.5 Å². The predicted molar refractivity (Wildman–Crippen MR) is 126 cm³/mol. The van der Waals surface area contributed by atoms with E-state index in [-0.39, 0.29) is 6.17 Å². The summed E-state index contributed by atoms with van der Waals surface area (Å²) in [6.45, 7) is 4.46. The Morgan fingerprint density at radius 2 is 1.66 bits per heavy atom. The number of hydrogen-bond acceptors (Lipinski definition) is 7. The minimum atomic E-state index is 0.103. The molecule has 1 saturated carbocycles. The number of ether oxygens (including phenoxy) is 2. The molecule has 2 aliphatic heterocycles. The molecule has 0 N–H and O–H groups in total. The van der Waals surface area contributed by atoms with E-state index in [0.29, 0.717) is 11.5 Å². The Hall–Kier alpha value is -2.64. The van der Waals surface area contributed by atoms with E-state index in [4.69, 9.17) is 9.47 Å². The zero-order valence-corrected chi connectivity index (χ0v) is 19.0. The third-order valence-electron chi connectivity index (χ3n) is 7.01. The second-order valence-electron chi connectivity index (χ2n) is 8.76. The summed E-state index contributed by atoms with van der Waals surface area (Å²) in [5, 5.41) is 0.936. The van der Waals surface area contributed by atoms with Gasteiger partial charge in [0, 0.05) is 43.3 Å². The van der Waals surface area contributed by atoms with E-state index in [1.807, 2.05) is 24.4 Å². The Balaban J connectivity index is 1.43. The van der Waals surface area contributed by atoms with Gasteiger partial charge < -0.3 is 14.4 Å². The summed E-state index contributed by atoms with van der Waals surface area (Å²) >= 11 is 0. The van der Waals surface area contributed by atoms with Gasteiger partial charge in [-0.15, -0.1) is 0 Å². The Morgan fingerprint density at radius 1 is 0.906 bits per heavy atom. The van der Waals surface area contributed by atoms with Crippen LogP contribution in [0.15, 0.2) is 36.8 Å². The molecule has 0 amide bonds. The van der Waals surface area contributed by atoms with Crippen LogP contribution in [0.3, 0.4) is 0 Å². The third-order valence-corrected chi connectivity index (χ3v) is 7.01. The minimum absolute atomic E-state index is 0.103. The van der Waals surface area contributed by atoms with Crippen molar-refractivity contribution >= 4 is 16.7 Å². The van der Waals surface area contributed by atoms with Crippen molar-refractivity contribution in [2.24, 2.45) is 0 Å². The van der Waals surface area contributed by atoms with Crippen LogP contribution < -0.4 is 14.4 Å². The normalized spacial score (nSPS) is 23.1. The first-order valence-electron chi connectivity index (χ1n) is 11.7. The number of hydrogen-bond donors (Lipinski definition) is 0. The number of anilines is 1. The fraction of sp³-hybridized carbons (Fsp3) is 0.520. The summed E-state index contributed by atoms with van der Waals surface area (Å²) < 4.78 is 11.0. The molecule has 1 aromatic carbocycles. The van der Waals surface area contributed by atoms with Crippen LogP contribution in [-0.4, -0.2) is 72.4 Å². The monoisotopic (exact) mass is 434 g/mol. The van der Waals surface area contributed by atoms with Crippen molar-refractivity contribution in [3.8, 4) is 11.5 Å². The molecule has 0 spiro atoms. The highest BCUT2D eigenvalue weighted by atomic mass is 16.5. The lowest BCUT2D eigenvalue weighted by Gasteiger charge is -2.38. The van der Waals surface area contributed by atoms with Crippen LogP contribution in [0.4, 0.5) is 5.82 Å². The van der Waals surface area contributed by atoms with Gasteiger partial charge in [-0.3, -0.25) is 9.80 Å². The van der Waals surface area contributed by atoms with Crippen molar-refractivity contribution in [2.45, 2.75) is 44.3 Å². The minimum Gasteiger partial charge on any atom is -0.493 e. The number of aromatic nitrogens is 2. The average Bonchev–Trinajstić information content (AvgIpc) is 3.27. The van der Waals surface area contributed by atoms with Gasteiger partial charge in [-0.1, -0.05) is 18.9 Å². The van der Waals surface area contributed by atoms with E-state index in [9.17, 15) is 0 Å². The van der Waals surface area contributed by atoms with Gasteiger partial charge in [0.2, 0.25) is 0 Å². The summed E-state index contributed by atoms with van der Waals surface area (Å²) in [7, 11) is 3.30. The second-order valence-corrected chi connectivity index (χ2v) is 8.76. The second kappa shape index (κ2) is 9.46. The Morgan fingerprint density at radius 3 is 2.47 bits per heavy atom. The summed E-state index contributed by atoms with van der Waals surface area (Å²) in [5.74, 6) is 2.20. The van der Waals surface area contributed by atoms with Crippen molar-refractivity contribution in [1.82, 2.24) is 19.8 Å². The topological polar surface area (TPSA) is 54.0 Å². The molecule has 2 aromatic rings. The van der Waals surface area contributed by atoms with Crippen molar-refractivity contribution in [3.63, 3.8) is 0 Å². The molecule has 1 radical (unpaired) electrons. The first-order valence-corrected chi connectivity index (χ1v) is 11.7. The molecule has 7 nitrogen and oxygen atoms in total. The van der Waals surface area contributed by atoms with Crippen LogP contribution in [-0.2, 0) is 0 Å². The van der Waals surface area contributed by atoms with Crippen LogP contribution >= 0.6 is 0 Å². The van der Waals surface area contributed by atoms with Crippen LogP contribution in [0.25, 0.3) is 10.9 Å². The first kappa shape index (κ1) is 21.2. The molecule has 1 aliphatic carbocycles. The number of fused-ring (bicyclic) bond motifs is 1. The van der Waals surface area contributed by atoms with Crippen molar-refractivity contribution in [3.05, 3.63) is 42.9 Å². The number of nitrogens with zero attached hydrogens (tertiary/aromatic N) is 5. The maximum atomic E-state index is 5.55. The molecule has 3 aliphatic rings. The summed E-state index contributed by atoms with van der Waals surface area (Å²) in [6, 6.07) is 4.67. The summed E-state index contributed by atoms with van der Waals surface area (Å²) in [6.07, 6.45) is 17.9. The third kappa shape index (κ3) is 4.07. The summed E-state index contributed by atoms with van der Waals surface area (Å²) in [5.41, 5.74) is 0.831. The van der Waals surface area contributed by atoms with Gasteiger partial charge in [0.1, 0.15) is 18.3 Å². The summed E-state index contributed by atoms with van der Waals surface area (Å²) in [4.78, 5) is 16.7. The van der Waals surface area contributed by atoms with Gasteiger partial charge in [0.25, 0.3) is 0 Å². The zero-order valence-electron chi connectivity index (χ0n) is 19.0. The Bertz CT molecular complexity index is 1000. The lowest BCUT2D eigenvalue weighted by Crippen LogP contribution is -2.48. The van der Waals surface area contributed by atoms with Gasteiger partial charge in [0.05, 0.1) is 19.7 Å². The fourth-order valence-corrected chi connectivity index (χ4v) is 5.35. The predicted octanol–water partition coefficient (Wildman–Crippen LogP) is 3.62. The number of allylic oxidation sites excluding steroid dienone is 2. The molecule has 1 atom stereocenters. The molecule has 7 heteroatoms. The Labute approximate surface area is 190 Å². The standard InChI is InChI=1S/C25H32N5O2/c1-31-22-16-20-21(17-23(22)32-2)26-18-27-25(20)30-13-6-5-10-24(30)29-12-7-11-28(14-15-29)19-8-3-4-9-19/h5,10,13,16-19,24H,3-4,7-9,11-12,14-15H2,1-2H3. The molecule has 2 fully saturated rings. The lowest BCUT2D eigenvalue weighted by atomic mass is 10.1. The van der Waals surface area contributed by atoms with Gasteiger partial charge in [-0.05, 0) is 44.0 Å². The fourth-order valence-electron chi connectivity index (χ4n) is 5.35. The highest BCUT2D eigenvalue weighted by Crippen LogP contribution is 2.36. The zero-order chi connectivity index (χ0) is 21.9. The van der Waals surface area contributed by atoms with Crippen LogP contribution in [0, 0.1) is 6.08 Å². The molecular formula is C25H32N5O2. The van der Waals surface area contributed by atoms with Crippen LogP contribution in [0.2, 0.25) is 0 Å². The smallest absolute Gasteiger partial charge is 0.162 e. The molecule has 1 saturated heterocycles. The quantitative estimate of drug-likeness (QED) is 0.712. The highest BCUT2D eigenvalue weighted by Gasteiger charge is 2.30. The van der Waals surface area contributed by atoms with E-state index < -0.39 is 0 Å². The molecule has 169 valence electrons. The van der Waals surface area contributed by atoms with Crippen molar-refractivity contribution in [1.29, 1.82) is 0 Å². The lowest BCUT2D eigenvalue weighted by molar-refractivity contribution is 0.191. The number of methoxy groups -OCH3 is 2. The molecule has 1 aromatic heterocycles. The molecule has 5 rings (SSSR count). The molecule has 32 heavy (non-hydrogen) atoms. The van der Waals surface area contributed by atoms with Crippen molar-refractivity contribution < 1.29 is 9.47 Å². The largest absolute Gasteiger partial charge is 0.493 e. The van der Waals surface area contributed by atoms with E-state index in [0.717, 1.165) is 42.4 Å². The molecular weight excluding hydrogens is 402 g/mol. The van der Waals surface area contributed by atoms with E-state index in [1.54, 1.807) is 20.5 Å². The van der Waals surface area contributed by atoms with Gasteiger partial charge in [0.15, 0.2) is 11.5 Å². The molecule has 0 bridgehead atoms.